The van der Waals surface area contributed by atoms with E-state index >= 15 is 0 Å². The highest BCUT2D eigenvalue weighted by atomic mass is 32.1. The second-order valence-corrected chi connectivity index (χ2v) is 4.56. The molecule has 1 aromatic carbocycles. The average molecular weight is 248 g/mol. The molecule has 0 aliphatic rings. The molecule has 0 saturated heterocycles. The van der Waals surface area contributed by atoms with Crippen LogP contribution in [0.4, 0.5) is 11.4 Å². The number of hydrogen-bond acceptors (Lipinski definition) is 4. The lowest BCUT2D eigenvalue weighted by Gasteiger charge is -2.05. The van der Waals surface area contributed by atoms with E-state index in [0.717, 1.165) is 6.42 Å². The van der Waals surface area contributed by atoms with Gasteiger partial charge in [0.2, 0.25) is 0 Å². The molecular weight excluding hydrogens is 236 g/mol. The van der Waals surface area contributed by atoms with Gasteiger partial charge in [0, 0.05) is 17.5 Å². The topological polar surface area (TPSA) is 55.2 Å². The fraction of sp³-hybridized carbons (Fsp3) is 0.167. The summed E-state index contributed by atoms with van der Waals surface area (Å²) >= 11 is 1.69. The molecule has 17 heavy (non-hydrogen) atoms. The second kappa shape index (κ2) is 5.45. The highest BCUT2D eigenvalue weighted by molar-refractivity contribution is 7.09. The maximum atomic E-state index is 10.8. The minimum atomic E-state index is -0.368. The Balaban J connectivity index is 1.97. The van der Waals surface area contributed by atoms with E-state index in [1.54, 1.807) is 29.5 Å². The van der Waals surface area contributed by atoms with Crippen molar-refractivity contribution in [3.8, 4) is 0 Å². The van der Waals surface area contributed by atoms with Crippen LogP contribution in [0.1, 0.15) is 4.88 Å². The molecule has 88 valence electrons. The van der Waals surface area contributed by atoms with Crippen molar-refractivity contribution in [2.24, 2.45) is 0 Å². The SMILES string of the molecule is O=[N+]([O-])c1ccccc1NCCc1cccs1. The van der Waals surface area contributed by atoms with Gasteiger partial charge in [-0.05, 0) is 23.9 Å². The van der Waals surface area contributed by atoms with E-state index in [0.29, 0.717) is 12.2 Å². The molecule has 2 aromatic rings. The zero-order valence-electron chi connectivity index (χ0n) is 9.13. The molecule has 0 saturated carbocycles. The molecule has 1 N–H and O–H groups in total. The normalized spacial score (nSPS) is 10.1. The average Bonchev–Trinajstić information content (AvgIpc) is 2.82. The Kier molecular flexibility index (Phi) is 3.72. The number of nitrogens with zero attached hydrogens (tertiary/aromatic N) is 1. The zero-order chi connectivity index (χ0) is 12.1. The molecule has 0 aliphatic heterocycles. The van der Waals surface area contributed by atoms with Gasteiger partial charge in [0.05, 0.1) is 4.92 Å². The number of thiophene rings is 1. The second-order valence-electron chi connectivity index (χ2n) is 3.53. The first-order chi connectivity index (χ1) is 8.27. The first-order valence-corrected chi connectivity index (χ1v) is 6.15. The molecule has 2 rings (SSSR count). The first-order valence-electron chi connectivity index (χ1n) is 5.27. The third kappa shape index (κ3) is 3.04. The minimum absolute atomic E-state index is 0.124. The van der Waals surface area contributed by atoms with E-state index in [4.69, 9.17) is 0 Å². The number of nitro groups is 1. The molecule has 0 unspecified atom stereocenters. The van der Waals surface area contributed by atoms with E-state index in [-0.39, 0.29) is 10.6 Å². The number of benzene rings is 1. The molecule has 0 spiro atoms. The molecular formula is C12H12N2O2S. The highest BCUT2D eigenvalue weighted by Gasteiger charge is 2.11. The molecule has 0 radical (unpaired) electrons. The van der Waals surface area contributed by atoms with Crippen LogP contribution in [-0.2, 0) is 6.42 Å². The fourth-order valence-electron chi connectivity index (χ4n) is 1.56. The third-order valence-electron chi connectivity index (χ3n) is 2.37. The van der Waals surface area contributed by atoms with Crippen LogP contribution < -0.4 is 5.32 Å². The van der Waals surface area contributed by atoms with Crippen molar-refractivity contribution in [1.29, 1.82) is 0 Å². The predicted octanol–water partition coefficient (Wildman–Crippen LogP) is 3.31. The summed E-state index contributed by atoms with van der Waals surface area (Å²) in [5.41, 5.74) is 0.702. The van der Waals surface area contributed by atoms with Crippen LogP contribution in [0.25, 0.3) is 0 Å². The Morgan fingerprint density at radius 2 is 2.06 bits per heavy atom. The van der Waals surface area contributed by atoms with Gasteiger partial charge in [-0.25, -0.2) is 0 Å². The van der Waals surface area contributed by atoms with Crippen LogP contribution in [0.2, 0.25) is 0 Å². The van der Waals surface area contributed by atoms with Gasteiger partial charge in [-0.15, -0.1) is 11.3 Å². The van der Waals surface area contributed by atoms with Gasteiger partial charge in [0.15, 0.2) is 0 Å². The lowest BCUT2D eigenvalue weighted by atomic mass is 10.2. The van der Waals surface area contributed by atoms with Crippen LogP contribution in [0.15, 0.2) is 41.8 Å². The molecule has 0 atom stereocenters. The Morgan fingerprint density at radius 3 is 2.76 bits per heavy atom. The molecule has 1 aromatic heterocycles. The predicted molar refractivity (Wildman–Crippen MR) is 69.6 cm³/mol. The van der Waals surface area contributed by atoms with Gasteiger partial charge >= 0.3 is 0 Å². The van der Waals surface area contributed by atoms with Crippen LogP contribution in [0.3, 0.4) is 0 Å². The third-order valence-corrected chi connectivity index (χ3v) is 3.30. The van der Waals surface area contributed by atoms with Gasteiger partial charge in [-0.1, -0.05) is 18.2 Å². The largest absolute Gasteiger partial charge is 0.379 e. The van der Waals surface area contributed by atoms with Crippen LogP contribution >= 0.6 is 11.3 Å². The molecule has 0 fully saturated rings. The molecule has 5 heteroatoms. The monoisotopic (exact) mass is 248 g/mol. The Hall–Kier alpha value is -1.88. The molecule has 4 nitrogen and oxygen atoms in total. The van der Waals surface area contributed by atoms with E-state index in [9.17, 15) is 10.1 Å². The van der Waals surface area contributed by atoms with E-state index in [1.807, 2.05) is 11.4 Å². The maximum absolute atomic E-state index is 10.8. The van der Waals surface area contributed by atoms with Gasteiger partial charge in [-0.3, -0.25) is 10.1 Å². The summed E-state index contributed by atoms with van der Waals surface area (Å²) < 4.78 is 0. The van der Waals surface area contributed by atoms with Crippen molar-refractivity contribution in [2.75, 3.05) is 11.9 Å². The standard InChI is InChI=1S/C12H12N2O2S/c15-14(16)12-6-2-1-5-11(12)13-8-7-10-4-3-9-17-10/h1-6,9,13H,7-8H2. The zero-order valence-corrected chi connectivity index (χ0v) is 9.94. The van der Waals surface area contributed by atoms with Crippen LogP contribution in [0.5, 0.6) is 0 Å². The fourth-order valence-corrected chi connectivity index (χ4v) is 2.27. The quantitative estimate of drug-likeness (QED) is 0.652. The number of nitrogens with one attached hydrogen (secondary N) is 1. The maximum Gasteiger partial charge on any atom is 0.292 e. The number of para-hydroxylation sites is 2. The lowest BCUT2D eigenvalue weighted by molar-refractivity contribution is -0.384. The minimum Gasteiger partial charge on any atom is -0.379 e. The van der Waals surface area contributed by atoms with Gasteiger partial charge < -0.3 is 5.32 Å². The summed E-state index contributed by atoms with van der Waals surface area (Å²) in [6.45, 7) is 0.700. The smallest absolute Gasteiger partial charge is 0.292 e. The summed E-state index contributed by atoms with van der Waals surface area (Å²) in [5.74, 6) is 0. The Labute approximate surface area is 103 Å². The summed E-state index contributed by atoms with van der Waals surface area (Å²) in [5, 5.41) is 15.9. The van der Waals surface area contributed by atoms with Crippen molar-refractivity contribution in [1.82, 2.24) is 0 Å². The molecule has 0 bridgehead atoms. The van der Waals surface area contributed by atoms with Gasteiger partial charge in [0.1, 0.15) is 5.69 Å². The number of nitro benzene ring substituents is 1. The first kappa shape index (κ1) is 11.6. The van der Waals surface area contributed by atoms with Gasteiger partial charge in [0.25, 0.3) is 5.69 Å². The highest BCUT2D eigenvalue weighted by Crippen LogP contribution is 2.23. The Morgan fingerprint density at radius 1 is 1.24 bits per heavy atom. The van der Waals surface area contributed by atoms with Crippen LogP contribution in [-0.4, -0.2) is 11.5 Å². The molecule has 1 heterocycles. The summed E-state index contributed by atoms with van der Waals surface area (Å²) in [6, 6.07) is 10.8. The van der Waals surface area contributed by atoms with Crippen molar-refractivity contribution >= 4 is 22.7 Å². The number of hydrogen-bond donors (Lipinski definition) is 1. The molecule has 0 aliphatic carbocycles. The van der Waals surface area contributed by atoms with Crippen molar-refractivity contribution in [2.45, 2.75) is 6.42 Å². The van der Waals surface area contributed by atoms with Crippen LogP contribution in [0, 0.1) is 10.1 Å². The van der Waals surface area contributed by atoms with Crippen molar-refractivity contribution in [3.05, 3.63) is 56.8 Å². The number of rotatable bonds is 5. The Bertz CT molecular complexity index is 497. The van der Waals surface area contributed by atoms with Crippen molar-refractivity contribution < 1.29 is 4.92 Å². The lowest BCUT2D eigenvalue weighted by Crippen LogP contribution is -2.05. The van der Waals surface area contributed by atoms with E-state index < -0.39 is 0 Å². The molecule has 0 amide bonds. The van der Waals surface area contributed by atoms with Crippen molar-refractivity contribution in [3.63, 3.8) is 0 Å². The van der Waals surface area contributed by atoms with E-state index in [1.165, 1.54) is 10.9 Å². The summed E-state index contributed by atoms with van der Waals surface area (Å²) in [7, 11) is 0. The van der Waals surface area contributed by atoms with E-state index in [2.05, 4.69) is 11.4 Å². The summed E-state index contributed by atoms with van der Waals surface area (Å²) in [4.78, 5) is 11.7. The van der Waals surface area contributed by atoms with Gasteiger partial charge in [-0.2, -0.15) is 0 Å². The number of anilines is 1. The summed E-state index contributed by atoms with van der Waals surface area (Å²) in [6.07, 6.45) is 0.879.